The van der Waals surface area contributed by atoms with Crippen LogP contribution < -0.4 is 0 Å². The van der Waals surface area contributed by atoms with Crippen LogP contribution in [0.2, 0.25) is 0 Å². The molecule has 3 aromatic heterocycles. The van der Waals surface area contributed by atoms with E-state index in [4.69, 9.17) is 4.42 Å². The number of carboxylic acids is 1. The number of nitrogens with zero attached hydrogens (tertiary/aromatic N) is 4. The van der Waals surface area contributed by atoms with Gasteiger partial charge in [0.15, 0.2) is 11.4 Å². The number of likely N-dealkylation sites (tertiary alicyclic amines) is 1. The van der Waals surface area contributed by atoms with E-state index in [1.807, 2.05) is 13.8 Å². The number of carbonyl (C=O) groups is 2. The molecule has 1 N–H and O–H groups in total. The van der Waals surface area contributed by atoms with Gasteiger partial charge in [-0.3, -0.25) is 4.79 Å². The van der Waals surface area contributed by atoms with E-state index in [0.29, 0.717) is 47.4 Å². The van der Waals surface area contributed by atoms with Crippen molar-refractivity contribution in [3.8, 4) is 11.5 Å². The largest absolute Gasteiger partial charge is 0.480 e. The first kappa shape index (κ1) is 17.3. The summed E-state index contributed by atoms with van der Waals surface area (Å²) in [6.07, 6.45) is 4.30. The minimum Gasteiger partial charge on any atom is -0.480 e. The molecule has 1 aliphatic heterocycles. The van der Waals surface area contributed by atoms with Gasteiger partial charge < -0.3 is 14.4 Å². The van der Waals surface area contributed by atoms with Gasteiger partial charge in [0, 0.05) is 12.6 Å². The van der Waals surface area contributed by atoms with Gasteiger partial charge in [-0.25, -0.2) is 14.5 Å². The average Bonchev–Trinajstić information content (AvgIpc) is 3.39. The fourth-order valence-corrected chi connectivity index (χ4v) is 3.54. The Morgan fingerprint density at radius 3 is 2.85 bits per heavy atom. The lowest BCUT2D eigenvalue weighted by Gasteiger charge is -2.22. The molecule has 1 atom stereocenters. The molecule has 0 saturated carbocycles. The van der Waals surface area contributed by atoms with Crippen LogP contribution in [0.1, 0.15) is 43.1 Å². The van der Waals surface area contributed by atoms with E-state index >= 15 is 0 Å². The van der Waals surface area contributed by atoms with Crippen molar-refractivity contribution in [2.45, 2.75) is 38.8 Å². The third kappa shape index (κ3) is 2.87. The summed E-state index contributed by atoms with van der Waals surface area (Å²) in [6, 6.07) is 4.45. The minimum atomic E-state index is -0.977. The van der Waals surface area contributed by atoms with Gasteiger partial charge in [-0.2, -0.15) is 5.10 Å². The fraction of sp³-hybridized carbons (Fsp3) is 0.368. The van der Waals surface area contributed by atoms with Crippen molar-refractivity contribution < 1.29 is 19.1 Å². The molecule has 0 radical (unpaired) electrons. The molecule has 0 spiro atoms. The standard InChI is InChI=1S/C19H20N4O4/c1-11(2)23-17-13(10-20-23)12(9-14(21-17)16-6-4-8-27-16)18(24)22-7-3-5-15(22)19(25)26/h4,6,8-11,15H,3,5,7H2,1-2H3,(H,25,26)/t15-/m0/s1. The number of pyridine rings is 1. The van der Waals surface area contributed by atoms with Crippen LogP contribution in [0.25, 0.3) is 22.5 Å². The summed E-state index contributed by atoms with van der Waals surface area (Å²) in [6.45, 7) is 4.39. The maximum absolute atomic E-state index is 13.2. The molecule has 8 nitrogen and oxygen atoms in total. The third-order valence-electron chi connectivity index (χ3n) is 4.86. The number of hydrogen-bond donors (Lipinski definition) is 1. The summed E-state index contributed by atoms with van der Waals surface area (Å²) in [5.74, 6) is -0.752. The monoisotopic (exact) mass is 368 g/mol. The predicted octanol–water partition coefficient (Wildman–Crippen LogP) is 2.96. The smallest absolute Gasteiger partial charge is 0.326 e. The number of fused-ring (bicyclic) bond motifs is 1. The zero-order valence-electron chi connectivity index (χ0n) is 15.1. The van der Waals surface area contributed by atoms with Crippen molar-refractivity contribution in [2.75, 3.05) is 6.54 Å². The lowest BCUT2D eigenvalue weighted by Crippen LogP contribution is -2.40. The number of furan rings is 1. The van der Waals surface area contributed by atoms with Crippen LogP contribution in [-0.4, -0.2) is 49.2 Å². The molecule has 0 aliphatic carbocycles. The van der Waals surface area contributed by atoms with E-state index in [-0.39, 0.29) is 11.9 Å². The summed E-state index contributed by atoms with van der Waals surface area (Å²) in [7, 11) is 0. The van der Waals surface area contributed by atoms with Crippen molar-refractivity contribution in [2.24, 2.45) is 0 Å². The molecule has 1 aliphatic rings. The van der Waals surface area contributed by atoms with Gasteiger partial charge in [0.2, 0.25) is 0 Å². The Morgan fingerprint density at radius 2 is 2.19 bits per heavy atom. The van der Waals surface area contributed by atoms with E-state index in [0.717, 1.165) is 0 Å². The molecule has 0 unspecified atom stereocenters. The molecular weight excluding hydrogens is 348 g/mol. The van der Waals surface area contributed by atoms with Gasteiger partial charge in [-0.05, 0) is 44.9 Å². The lowest BCUT2D eigenvalue weighted by molar-refractivity contribution is -0.141. The Hall–Kier alpha value is -3.16. The highest BCUT2D eigenvalue weighted by Gasteiger charge is 2.35. The summed E-state index contributed by atoms with van der Waals surface area (Å²) >= 11 is 0. The van der Waals surface area contributed by atoms with Crippen molar-refractivity contribution in [1.82, 2.24) is 19.7 Å². The highest BCUT2D eigenvalue weighted by molar-refractivity contribution is 6.07. The minimum absolute atomic E-state index is 0.0587. The molecule has 1 saturated heterocycles. The predicted molar refractivity (Wildman–Crippen MR) is 97.3 cm³/mol. The van der Waals surface area contributed by atoms with Crippen LogP contribution in [0.5, 0.6) is 0 Å². The number of carbonyl (C=O) groups excluding carboxylic acids is 1. The van der Waals surface area contributed by atoms with Gasteiger partial charge >= 0.3 is 5.97 Å². The molecule has 140 valence electrons. The number of rotatable bonds is 4. The van der Waals surface area contributed by atoms with Gasteiger partial charge in [0.05, 0.1) is 23.4 Å². The molecule has 4 rings (SSSR count). The SMILES string of the molecule is CC(C)n1ncc2c(C(=O)N3CCC[C@H]3C(=O)O)cc(-c3ccco3)nc21. The highest BCUT2D eigenvalue weighted by Crippen LogP contribution is 2.29. The number of carboxylic acid groups (broad SMARTS) is 1. The molecule has 0 bridgehead atoms. The van der Waals surface area contributed by atoms with Crippen molar-refractivity contribution in [3.05, 3.63) is 36.2 Å². The van der Waals surface area contributed by atoms with Crippen LogP contribution >= 0.6 is 0 Å². The number of aromatic nitrogens is 3. The van der Waals surface area contributed by atoms with E-state index < -0.39 is 12.0 Å². The summed E-state index contributed by atoms with van der Waals surface area (Å²) < 4.78 is 7.20. The van der Waals surface area contributed by atoms with E-state index in [9.17, 15) is 14.7 Å². The average molecular weight is 368 g/mol. The zero-order chi connectivity index (χ0) is 19.1. The fourth-order valence-electron chi connectivity index (χ4n) is 3.54. The van der Waals surface area contributed by atoms with Crippen LogP contribution in [0.3, 0.4) is 0 Å². The Labute approximate surface area is 155 Å². The molecule has 3 aromatic rings. The summed E-state index contributed by atoms with van der Waals surface area (Å²) in [5.41, 5.74) is 1.49. The Morgan fingerprint density at radius 1 is 1.37 bits per heavy atom. The second-order valence-corrected chi connectivity index (χ2v) is 6.95. The second-order valence-electron chi connectivity index (χ2n) is 6.95. The summed E-state index contributed by atoms with van der Waals surface area (Å²) in [5, 5.41) is 14.4. The Balaban J connectivity index is 1.88. The molecular formula is C19H20N4O4. The van der Waals surface area contributed by atoms with Crippen molar-refractivity contribution in [3.63, 3.8) is 0 Å². The highest BCUT2D eigenvalue weighted by atomic mass is 16.4. The molecule has 1 amide bonds. The molecule has 27 heavy (non-hydrogen) atoms. The van der Waals surface area contributed by atoms with E-state index in [1.165, 1.54) is 4.90 Å². The van der Waals surface area contributed by atoms with E-state index in [1.54, 1.807) is 35.3 Å². The summed E-state index contributed by atoms with van der Waals surface area (Å²) in [4.78, 5) is 30.8. The maximum Gasteiger partial charge on any atom is 0.326 e. The Kier molecular flexibility index (Phi) is 4.18. The number of amides is 1. The van der Waals surface area contributed by atoms with Gasteiger partial charge in [0.1, 0.15) is 11.7 Å². The maximum atomic E-state index is 13.2. The van der Waals surface area contributed by atoms with Crippen molar-refractivity contribution in [1.29, 1.82) is 0 Å². The first-order valence-electron chi connectivity index (χ1n) is 8.93. The third-order valence-corrected chi connectivity index (χ3v) is 4.86. The zero-order valence-corrected chi connectivity index (χ0v) is 15.1. The van der Waals surface area contributed by atoms with Gasteiger partial charge in [-0.1, -0.05) is 0 Å². The van der Waals surface area contributed by atoms with Crippen LogP contribution in [-0.2, 0) is 4.79 Å². The normalized spacial score (nSPS) is 17.1. The molecule has 1 fully saturated rings. The van der Waals surface area contributed by atoms with E-state index in [2.05, 4.69) is 10.1 Å². The quantitative estimate of drug-likeness (QED) is 0.760. The van der Waals surface area contributed by atoms with Crippen LogP contribution in [0, 0.1) is 0 Å². The van der Waals surface area contributed by atoms with Gasteiger partial charge in [0.25, 0.3) is 5.91 Å². The lowest BCUT2D eigenvalue weighted by atomic mass is 10.1. The second kappa shape index (κ2) is 6.53. The molecule has 8 heteroatoms. The Bertz CT molecular complexity index is 1010. The molecule has 0 aromatic carbocycles. The number of hydrogen-bond acceptors (Lipinski definition) is 5. The van der Waals surface area contributed by atoms with Gasteiger partial charge in [-0.15, -0.1) is 0 Å². The first-order chi connectivity index (χ1) is 13.0. The van der Waals surface area contributed by atoms with Crippen LogP contribution in [0.4, 0.5) is 0 Å². The van der Waals surface area contributed by atoms with Crippen LogP contribution in [0.15, 0.2) is 35.1 Å². The topological polar surface area (TPSA) is 101 Å². The number of aliphatic carboxylic acids is 1. The molecule has 4 heterocycles. The first-order valence-corrected chi connectivity index (χ1v) is 8.93. The van der Waals surface area contributed by atoms with Crippen molar-refractivity contribution >= 4 is 22.9 Å².